The molecule has 2 fully saturated rings. The van der Waals surface area contributed by atoms with Crippen LogP contribution in [0.3, 0.4) is 0 Å². The monoisotopic (exact) mass is 357 g/mol. The number of likely N-dealkylation sites (tertiary alicyclic amines) is 2. The molecule has 1 aromatic heterocycles. The number of hydrogen-bond donors (Lipinski definition) is 0. The fraction of sp³-hybridized carbons (Fsp3) is 0.600. The lowest BCUT2D eigenvalue weighted by atomic mass is 9.99. The Morgan fingerprint density at radius 2 is 2.08 bits per heavy atom. The van der Waals surface area contributed by atoms with Crippen LogP contribution in [-0.2, 0) is 4.79 Å². The first kappa shape index (κ1) is 17.0. The topological polar surface area (TPSA) is 36.4 Å². The van der Waals surface area contributed by atoms with Gasteiger partial charge in [0.25, 0.3) is 0 Å². The molecule has 0 spiro atoms. The number of amides is 1. The SMILES string of the molecule is CC1CCCN(C(=O)CN2CCCCC2c2nc3ccccc3s2)C1. The van der Waals surface area contributed by atoms with Crippen molar-refractivity contribution in [2.75, 3.05) is 26.2 Å². The molecule has 2 saturated heterocycles. The molecule has 1 amide bonds. The van der Waals surface area contributed by atoms with Gasteiger partial charge >= 0.3 is 0 Å². The molecule has 4 rings (SSSR count). The highest BCUT2D eigenvalue weighted by Crippen LogP contribution is 2.35. The largest absolute Gasteiger partial charge is 0.341 e. The van der Waals surface area contributed by atoms with Crippen molar-refractivity contribution in [1.29, 1.82) is 0 Å². The van der Waals surface area contributed by atoms with Crippen LogP contribution >= 0.6 is 11.3 Å². The van der Waals surface area contributed by atoms with Gasteiger partial charge in [-0.1, -0.05) is 25.5 Å². The van der Waals surface area contributed by atoms with Crippen LogP contribution in [0.4, 0.5) is 0 Å². The zero-order valence-electron chi connectivity index (χ0n) is 15.0. The third kappa shape index (κ3) is 3.72. The molecule has 0 aliphatic carbocycles. The molecule has 2 aliphatic rings. The summed E-state index contributed by atoms with van der Waals surface area (Å²) in [6.07, 6.45) is 5.93. The predicted molar refractivity (Wildman–Crippen MR) is 103 cm³/mol. The van der Waals surface area contributed by atoms with Crippen LogP contribution in [-0.4, -0.2) is 46.9 Å². The molecule has 2 atom stereocenters. The van der Waals surface area contributed by atoms with Crippen molar-refractivity contribution < 1.29 is 4.79 Å². The Kier molecular flexibility index (Phi) is 5.04. The van der Waals surface area contributed by atoms with E-state index in [4.69, 9.17) is 4.98 Å². The summed E-state index contributed by atoms with van der Waals surface area (Å²) < 4.78 is 1.25. The average Bonchev–Trinajstić information content (AvgIpc) is 3.06. The fourth-order valence-electron chi connectivity index (χ4n) is 4.18. The lowest BCUT2D eigenvalue weighted by Gasteiger charge is -2.37. The van der Waals surface area contributed by atoms with E-state index in [2.05, 4.69) is 34.9 Å². The number of thiazole rings is 1. The Hall–Kier alpha value is -1.46. The van der Waals surface area contributed by atoms with E-state index in [0.29, 0.717) is 24.4 Å². The van der Waals surface area contributed by atoms with Crippen molar-refractivity contribution in [1.82, 2.24) is 14.8 Å². The van der Waals surface area contributed by atoms with E-state index in [0.717, 1.165) is 38.0 Å². The van der Waals surface area contributed by atoms with Gasteiger partial charge in [-0.2, -0.15) is 0 Å². The van der Waals surface area contributed by atoms with Crippen LogP contribution in [0.5, 0.6) is 0 Å². The van der Waals surface area contributed by atoms with Crippen LogP contribution in [0.2, 0.25) is 0 Å². The summed E-state index contributed by atoms with van der Waals surface area (Å²) in [6, 6.07) is 8.65. The van der Waals surface area contributed by atoms with E-state index in [-0.39, 0.29) is 0 Å². The van der Waals surface area contributed by atoms with Crippen LogP contribution in [0.25, 0.3) is 10.2 Å². The molecular weight excluding hydrogens is 330 g/mol. The van der Waals surface area contributed by atoms with Gasteiger partial charge in [-0.15, -0.1) is 11.3 Å². The zero-order valence-corrected chi connectivity index (χ0v) is 15.8. The number of hydrogen-bond acceptors (Lipinski definition) is 4. The van der Waals surface area contributed by atoms with Crippen molar-refractivity contribution in [3.63, 3.8) is 0 Å². The lowest BCUT2D eigenvalue weighted by Crippen LogP contribution is -2.46. The Balaban J connectivity index is 1.49. The number of fused-ring (bicyclic) bond motifs is 1. The van der Waals surface area contributed by atoms with Gasteiger partial charge < -0.3 is 4.90 Å². The molecule has 4 nitrogen and oxygen atoms in total. The molecule has 0 N–H and O–H groups in total. The first-order valence-electron chi connectivity index (χ1n) is 9.58. The van der Waals surface area contributed by atoms with E-state index < -0.39 is 0 Å². The Morgan fingerprint density at radius 1 is 1.20 bits per heavy atom. The number of benzene rings is 1. The van der Waals surface area contributed by atoms with E-state index in [1.165, 1.54) is 29.0 Å². The molecule has 2 aromatic rings. The summed E-state index contributed by atoms with van der Waals surface area (Å²) >= 11 is 1.79. The third-order valence-electron chi connectivity index (χ3n) is 5.56. The molecule has 2 aliphatic heterocycles. The smallest absolute Gasteiger partial charge is 0.236 e. The molecule has 0 saturated carbocycles. The highest BCUT2D eigenvalue weighted by Gasteiger charge is 2.30. The van der Waals surface area contributed by atoms with Gasteiger partial charge in [0.15, 0.2) is 0 Å². The van der Waals surface area contributed by atoms with Crippen molar-refractivity contribution in [3.8, 4) is 0 Å². The summed E-state index contributed by atoms with van der Waals surface area (Å²) in [7, 11) is 0. The van der Waals surface area contributed by atoms with E-state index in [1.54, 1.807) is 11.3 Å². The quantitative estimate of drug-likeness (QED) is 0.830. The van der Waals surface area contributed by atoms with Gasteiger partial charge in [0.1, 0.15) is 5.01 Å². The molecule has 2 unspecified atom stereocenters. The minimum absolute atomic E-state index is 0.303. The van der Waals surface area contributed by atoms with Gasteiger partial charge in [-0.05, 0) is 50.3 Å². The van der Waals surface area contributed by atoms with Gasteiger partial charge in [-0.3, -0.25) is 9.69 Å². The minimum Gasteiger partial charge on any atom is -0.341 e. The first-order chi connectivity index (χ1) is 12.2. The highest BCUT2D eigenvalue weighted by molar-refractivity contribution is 7.18. The normalized spacial score (nSPS) is 25.4. The number of piperidine rings is 2. The summed E-state index contributed by atoms with van der Waals surface area (Å²) in [6.45, 7) is 5.68. The number of nitrogens with zero attached hydrogens (tertiary/aromatic N) is 3. The maximum atomic E-state index is 12.8. The Labute approximate surface area is 153 Å². The van der Waals surface area contributed by atoms with Crippen molar-refractivity contribution in [2.24, 2.45) is 5.92 Å². The van der Waals surface area contributed by atoms with Crippen molar-refractivity contribution in [3.05, 3.63) is 29.3 Å². The number of carbonyl (C=O) groups is 1. The zero-order chi connectivity index (χ0) is 17.2. The van der Waals surface area contributed by atoms with Gasteiger partial charge in [0, 0.05) is 13.1 Å². The van der Waals surface area contributed by atoms with Crippen LogP contribution in [0.1, 0.15) is 50.1 Å². The van der Waals surface area contributed by atoms with E-state index >= 15 is 0 Å². The highest BCUT2D eigenvalue weighted by atomic mass is 32.1. The van der Waals surface area contributed by atoms with E-state index in [1.807, 2.05) is 6.07 Å². The minimum atomic E-state index is 0.303. The van der Waals surface area contributed by atoms with Gasteiger partial charge in [0.05, 0.1) is 22.8 Å². The van der Waals surface area contributed by atoms with Gasteiger partial charge in [0.2, 0.25) is 5.91 Å². The predicted octanol–water partition coefficient (Wildman–Crippen LogP) is 4.08. The Bertz CT molecular complexity index is 710. The molecule has 25 heavy (non-hydrogen) atoms. The number of carbonyl (C=O) groups excluding carboxylic acids is 1. The summed E-state index contributed by atoms with van der Waals surface area (Å²) in [5.74, 6) is 0.943. The third-order valence-corrected chi connectivity index (χ3v) is 6.69. The van der Waals surface area contributed by atoms with Crippen LogP contribution in [0, 0.1) is 5.92 Å². The maximum absolute atomic E-state index is 12.8. The molecular formula is C20H27N3OS. The molecule has 134 valence electrons. The van der Waals surface area contributed by atoms with E-state index in [9.17, 15) is 4.79 Å². The lowest BCUT2D eigenvalue weighted by molar-refractivity contribution is -0.135. The average molecular weight is 358 g/mol. The molecule has 1 aromatic carbocycles. The second-order valence-electron chi connectivity index (χ2n) is 7.59. The van der Waals surface area contributed by atoms with Crippen molar-refractivity contribution in [2.45, 2.75) is 45.1 Å². The number of para-hydroxylation sites is 1. The second-order valence-corrected chi connectivity index (χ2v) is 8.65. The Morgan fingerprint density at radius 3 is 2.92 bits per heavy atom. The van der Waals surface area contributed by atoms with Gasteiger partial charge in [-0.25, -0.2) is 4.98 Å². The van der Waals surface area contributed by atoms with Crippen molar-refractivity contribution >= 4 is 27.5 Å². The molecule has 0 radical (unpaired) electrons. The molecule has 3 heterocycles. The number of aromatic nitrogens is 1. The van der Waals surface area contributed by atoms with Crippen LogP contribution < -0.4 is 0 Å². The molecule has 5 heteroatoms. The summed E-state index contributed by atoms with van der Waals surface area (Å²) in [4.78, 5) is 22.2. The standard InChI is InChI=1S/C20H27N3OS/c1-15-7-6-12-23(13-15)19(24)14-22-11-5-4-9-17(22)20-21-16-8-2-3-10-18(16)25-20/h2-3,8,10,15,17H,4-7,9,11-14H2,1H3. The van der Waals surface area contributed by atoms with Crippen LogP contribution in [0.15, 0.2) is 24.3 Å². The fourth-order valence-corrected chi connectivity index (χ4v) is 5.32. The summed E-state index contributed by atoms with van der Waals surface area (Å²) in [5.41, 5.74) is 1.09. The second kappa shape index (κ2) is 7.42. The molecule has 0 bridgehead atoms. The summed E-state index contributed by atoms with van der Waals surface area (Å²) in [5, 5.41) is 1.18. The number of rotatable bonds is 3. The maximum Gasteiger partial charge on any atom is 0.236 e. The first-order valence-corrected chi connectivity index (χ1v) is 10.4.